The Morgan fingerprint density at radius 3 is 2.71 bits per heavy atom. The van der Waals surface area contributed by atoms with Crippen LogP contribution >= 0.6 is 22.6 Å². The van der Waals surface area contributed by atoms with Gasteiger partial charge in [-0.15, -0.1) is 0 Å². The number of ether oxygens (including phenoxy) is 1. The molecule has 1 aliphatic rings. The Labute approximate surface area is 155 Å². The van der Waals surface area contributed by atoms with Crippen molar-refractivity contribution in [2.45, 2.75) is 18.9 Å². The van der Waals surface area contributed by atoms with Gasteiger partial charge in [0.15, 0.2) is 0 Å². The summed E-state index contributed by atoms with van der Waals surface area (Å²) in [5, 5.41) is 13.2. The van der Waals surface area contributed by atoms with Gasteiger partial charge in [-0.2, -0.15) is 0 Å². The smallest absolute Gasteiger partial charge is 0.134 e. The number of aliphatic hydroxyl groups is 1. The second kappa shape index (κ2) is 8.48. The van der Waals surface area contributed by atoms with Gasteiger partial charge in [0.2, 0.25) is 0 Å². The number of aliphatic hydroxyl groups excluding tert-OH is 1. The average molecular weight is 440 g/mol. The molecule has 128 valence electrons. The molecule has 1 aromatic heterocycles. The first-order valence-electron chi connectivity index (χ1n) is 8.08. The zero-order valence-corrected chi connectivity index (χ0v) is 15.5. The first kappa shape index (κ1) is 17.2. The highest BCUT2D eigenvalue weighted by atomic mass is 127. The second-order valence-electron chi connectivity index (χ2n) is 5.76. The van der Waals surface area contributed by atoms with Crippen LogP contribution < -0.4 is 15.0 Å². The molecule has 2 aromatic rings. The minimum Gasteiger partial charge on any atom is -0.491 e. The minimum absolute atomic E-state index is 0.234. The van der Waals surface area contributed by atoms with E-state index in [4.69, 9.17) is 4.74 Å². The van der Waals surface area contributed by atoms with E-state index in [1.165, 1.54) is 12.8 Å². The molecule has 2 N–H and O–H groups in total. The van der Waals surface area contributed by atoms with Gasteiger partial charge in [0.05, 0.1) is 0 Å². The van der Waals surface area contributed by atoms with E-state index in [-0.39, 0.29) is 6.61 Å². The van der Waals surface area contributed by atoms with E-state index in [0.717, 1.165) is 34.0 Å². The molecule has 0 aliphatic carbocycles. The lowest BCUT2D eigenvalue weighted by Crippen LogP contribution is -2.27. The van der Waals surface area contributed by atoms with Gasteiger partial charge in [0.1, 0.15) is 36.4 Å². The van der Waals surface area contributed by atoms with E-state index in [0.29, 0.717) is 6.54 Å². The minimum atomic E-state index is -0.616. The third-order valence-corrected chi connectivity index (χ3v) is 4.58. The molecular formula is C17H21IN4O2. The lowest BCUT2D eigenvalue weighted by Gasteiger charge is -2.17. The van der Waals surface area contributed by atoms with Crippen molar-refractivity contribution in [1.82, 2.24) is 9.97 Å². The molecule has 0 bridgehead atoms. The Morgan fingerprint density at radius 2 is 1.96 bits per heavy atom. The van der Waals surface area contributed by atoms with Crippen LogP contribution in [0.4, 0.5) is 11.6 Å². The van der Waals surface area contributed by atoms with Gasteiger partial charge in [-0.1, -0.05) is 0 Å². The molecule has 0 saturated carbocycles. The third-order valence-electron chi connectivity index (χ3n) is 3.86. The number of nitrogens with zero attached hydrogens (tertiary/aromatic N) is 3. The van der Waals surface area contributed by atoms with E-state index in [1.54, 1.807) is 6.33 Å². The highest BCUT2D eigenvalue weighted by molar-refractivity contribution is 14.1. The Morgan fingerprint density at radius 1 is 1.21 bits per heavy atom. The molecule has 2 heterocycles. The standard InChI is InChI=1S/C17H21IN4O2/c18-13-3-5-15(6-4-13)24-11-14(23)10-19-16-9-17(21-12-20-16)22-7-1-2-8-22/h3-6,9,12,14,23H,1-2,7-8,10-11H2,(H,19,20,21). The van der Waals surface area contributed by atoms with Crippen molar-refractivity contribution in [3.63, 3.8) is 0 Å². The molecule has 24 heavy (non-hydrogen) atoms. The molecule has 0 radical (unpaired) electrons. The summed E-state index contributed by atoms with van der Waals surface area (Å²) < 4.78 is 6.73. The number of benzene rings is 1. The maximum absolute atomic E-state index is 10.1. The van der Waals surface area contributed by atoms with Crippen molar-refractivity contribution in [2.24, 2.45) is 0 Å². The Balaban J connectivity index is 1.46. The SMILES string of the molecule is OC(CNc1cc(N2CCCC2)ncn1)COc1ccc(I)cc1. The van der Waals surface area contributed by atoms with Crippen LogP contribution in [0.5, 0.6) is 5.75 Å². The summed E-state index contributed by atoms with van der Waals surface area (Å²) >= 11 is 2.24. The highest BCUT2D eigenvalue weighted by Crippen LogP contribution is 2.19. The highest BCUT2D eigenvalue weighted by Gasteiger charge is 2.14. The van der Waals surface area contributed by atoms with Gasteiger partial charge in [0.25, 0.3) is 0 Å². The molecule has 1 atom stereocenters. The fraction of sp³-hybridized carbons (Fsp3) is 0.412. The summed E-state index contributed by atoms with van der Waals surface area (Å²) in [4.78, 5) is 10.8. The predicted octanol–water partition coefficient (Wildman–Crippen LogP) is 2.53. The van der Waals surface area contributed by atoms with Crippen LogP contribution in [0, 0.1) is 3.57 Å². The van der Waals surface area contributed by atoms with Crippen LogP contribution in [0.25, 0.3) is 0 Å². The van der Waals surface area contributed by atoms with Crippen molar-refractivity contribution in [3.8, 4) is 5.75 Å². The van der Waals surface area contributed by atoms with E-state index in [9.17, 15) is 5.11 Å². The summed E-state index contributed by atoms with van der Waals surface area (Å²) in [5.74, 6) is 2.42. The lowest BCUT2D eigenvalue weighted by molar-refractivity contribution is 0.117. The normalized spacial score (nSPS) is 15.3. The van der Waals surface area contributed by atoms with Crippen LogP contribution in [0.2, 0.25) is 0 Å². The Hall–Kier alpha value is -1.61. The van der Waals surface area contributed by atoms with E-state index in [2.05, 4.69) is 42.8 Å². The topological polar surface area (TPSA) is 70.5 Å². The summed E-state index contributed by atoms with van der Waals surface area (Å²) in [6, 6.07) is 9.67. The number of rotatable bonds is 7. The molecule has 6 nitrogen and oxygen atoms in total. The molecule has 1 aliphatic heterocycles. The number of anilines is 2. The maximum Gasteiger partial charge on any atom is 0.134 e. The molecule has 0 spiro atoms. The zero-order chi connectivity index (χ0) is 16.8. The number of hydrogen-bond donors (Lipinski definition) is 2. The van der Waals surface area contributed by atoms with Gasteiger partial charge >= 0.3 is 0 Å². The fourth-order valence-corrected chi connectivity index (χ4v) is 2.93. The van der Waals surface area contributed by atoms with Gasteiger partial charge < -0.3 is 20.1 Å². The number of hydrogen-bond acceptors (Lipinski definition) is 6. The molecule has 1 unspecified atom stereocenters. The van der Waals surface area contributed by atoms with E-state index in [1.807, 2.05) is 30.3 Å². The Kier molecular flexibility index (Phi) is 6.08. The summed E-state index contributed by atoms with van der Waals surface area (Å²) in [7, 11) is 0. The monoisotopic (exact) mass is 440 g/mol. The fourth-order valence-electron chi connectivity index (χ4n) is 2.57. The zero-order valence-electron chi connectivity index (χ0n) is 13.4. The van der Waals surface area contributed by atoms with E-state index >= 15 is 0 Å². The van der Waals surface area contributed by atoms with Crippen LogP contribution in [0.15, 0.2) is 36.7 Å². The first-order chi connectivity index (χ1) is 11.7. The quantitative estimate of drug-likeness (QED) is 0.646. The number of halogens is 1. The van der Waals surface area contributed by atoms with Crippen molar-refractivity contribution < 1.29 is 9.84 Å². The van der Waals surface area contributed by atoms with Gasteiger partial charge in [-0.05, 0) is 59.7 Å². The summed E-state index contributed by atoms with van der Waals surface area (Å²) in [6.07, 6.45) is 3.36. The molecule has 7 heteroatoms. The van der Waals surface area contributed by atoms with Gasteiger partial charge in [-0.3, -0.25) is 0 Å². The maximum atomic E-state index is 10.1. The number of aromatic nitrogens is 2. The second-order valence-corrected chi connectivity index (χ2v) is 7.00. The molecular weight excluding hydrogens is 419 g/mol. The van der Waals surface area contributed by atoms with Crippen molar-refractivity contribution in [1.29, 1.82) is 0 Å². The molecule has 1 saturated heterocycles. The molecule has 1 aromatic carbocycles. The average Bonchev–Trinajstić information content (AvgIpc) is 3.14. The van der Waals surface area contributed by atoms with Gasteiger partial charge in [-0.25, -0.2) is 9.97 Å². The van der Waals surface area contributed by atoms with Crippen LogP contribution in [-0.2, 0) is 0 Å². The van der Waals surface area contributed by atoms with Gasteiger partial charge in [0, 0.05) is 29.3 Å². The van der Waals surface area contributed by atoms with E-state index < -0.39 is 6.10 Å². The van der Waals surface area contributed by atoms with Crippen LogP contribution in [-0.4, -0.2) is 47.4 Å². The molecule has 0 amide bonds. The molecule has 1 fully saturated rings. The Bertz CT molecular complexity index is 647. The largest absolute Gasteiger partial charge is 0.491 e. The molecule has 3 rings (SSSR count). The van der Waals surface area contributed by atoms with Crippen molar-refractivity contribution >= 4 is 34.2 Å². The first-order valence-corrected chi connectivity index (χ1v) is 9.16. The summed E-state index contributed by atoms with van der Waals surface area (Å²) in [6.45, 7) is 2.70. The third kappa shape index (κ3) is 4.94. The van der Waals surface area contributed by atoms with Crippen LogP contribution in [0.3, 0.4) is 0 Å². The lowest BCUT2D eigenvalue weighted by atomic mass is 10.3. The van der Waals surface area contributed by atoms with Crippen molar-refractivity contribution in [3.05, 3.63) is 40.2 Å². The van der Waals surface area contributed by atoms with Crippen LogP contribution in [0.1, 0.15) is 12.8 Å². The number of nitrogens with one attached hydrogen (secondary N) is 1. The summed E-state index contributed by atoms with van der Waals surface area (Å²) in [5.41, 5.74) is 0. The van der Waals surface area contributed by atoms with Crippen molar-refractivity contribution in [2.75, 3.05) is 36.5 Å². The predicted molar refractivity (Wildman–Crippen MR) is 103 cm³/mol.